The monoisotopic (exact) mass is 300 g/mol. The van der Waals surface area contributed by atoms with Crippen molar-refractivity contribution in [3.05, 3.63) is 46.1 Å². The molecule has 0 atom stereocenters. The Labute approximate surface area is 131 Å². The summed E-state index contributed by atoms with van der Waals surface area (Å²) in [6, 6.07) is 6.15. The van der Waals surface area contributed by atoms with Gasteiger partial charge in [-0.1, -0.05) is 32.0 Å². The molecular weight excluding hydrogens is 276 g/mol. The van der Waals surface area contributed by atoms with Crippen LogP contribution in [0.1, 0.15) is 38.8 Å². The summed E-state index contributed by atoms with van der Waals surface area (Å²) >= 11 is 0. The van der Waals surface area contributed by atoms with E-state index in [0.29, 0.717) is 5.95 Å². The van der Waals surface area contributed by atoms with E-state index in [4.69, 9.17) is 0 Å². The normalized spacial score (nSPS) is 10.7. The first-order chi connectivity index (χ1) is 10.7. The lowest BCUT2D eigenvalue weighted by atomic mass is 10.0. The third kappa shape index (κ3) is 3.03. The molecule has 0 spiro atoms. The van der Waals surface area contributed by atoms with Crippen molar-refractivity contribution in [1.82, 2.24) is 14.5 Å². The number of nitrogens with zero attached hydrogens (tertiary/aromatic N) is 4. The fourth-order valence-electron chi connectivity index (χ4n) is 2.66. The van der Waals surface area contributed by atoms with Gasteiger partial charge >= 0.3 is 5.69 Å². The van der Waals surface area contributed by atoms with E-state index < -0.39 is 0 Å². The SMILES string of the molecule is CCc1cccc(CC)c1-n1cnc(N(CC)CC)nc1=O. The Morgan fingerprint density at radius 3 is 2.09 bits per heavy atom. The van der Waals surface area contributed by atoms with Gasteiger partial charge in [-0.25, -0.2) is 9.78 Å². The molecule has 0 aliphatic heterocycles. The summed E-state index contributed by atoms with van der Waals surface area (Å²) in [5.41, 5.74) is 2.94. The fraction of sp³-hybridized carbons (Fsp3) is 0.471. The van der Waals surface area contributed by atoms with Crippen LogP contribution in [0.25, 0.3) is 5.69 Å². The van der Waals surface area contributed by atoms with Gasteiger partial charge in [0.05, 0.1) is 5.69 Å². The summed E-state index contributed by atoms with van der Waals surface area (Å²) in [6.45, 7) is 9.81. The van der Waals surface area contributed by atoms with Crippen LogP contribution in [0, 0.1) is 0 Å². The van der Waals surface area contributed by atoms with Gasteiger partial charge in [-0.15, -0.1) is 0 Å². The van der Waals surface area contributed by atoms with Crippen molar-refractivity contribution in [3.63, 3.8) is 0 Å². The van der Waals surface area contributed by atoms with Gasteiger partial charge in [-0.05, 0) is 37.8 Å². The fourth-order valence-corrected chi connectivity index (χ4v) is 2.66. The third-order valence-electron chi connectivity index (χ3n) is 3.94. The Morgan fingerprint density at radius 1 is 1.05 bits per heavy atom. The molecule has 0 aliphatic rings. The molecule has 2 rings (SSSR count). The smallest absolute Gasteiger partial charge is 0.341 e. The van der Waals surface area contributed by atoms with Crippen molar-refractivity contribution in [2.24, 2.45) is 0 Å². The maximum Gasteiger partial charge on any atom is 0.356 e. The van der Waals surface area contributed by atoms with Gasteiger partial charge in [0.1, 0.15) is 6.33 Å². The highest BCUT2D eigenvalue weighted by Gasteiger charge is 2.13. The van der Waals surface area contributed by atoms with Crippen LogP contribution in [0.2, 0.25) is 0 Å². The summed E-state index contributed by atoms with van der Waals surface area (Å²) in [4.78, 5) is 23.0. The summed E-state index contributed by atoms with van der Waals surface area (Å²) in [7, 11) is 0. The number of anilines is 1. The van der Waals surface area contributed by atoms with E-state index in [0.717, 1.165) is 42.7 Å². The van der Waals surface area contributed by atoms with Crippen molar-refractivity contribution < 1.29 is 0 Å². The van der Waals surface area contributed by atoms with Gasteiger partial charge < -0.3 is 4.90 Å². The minimum Gasteiger partial charge on any atom is -0.341 e. The van der Waals surface area contributed by atoms with Gasteiger partial charge in [0, 0.05) is 13.1 Å². The first-order valence-electron chi connectivity index (χ1n) is 7.97. The highest BCUT2D eigenvalue weighted by molar-refractivity contribution is 5.48. The first kappa shape index (κ1) is 16.2. The lowest BCUT2D eigenvalue weighted by Gasteiger charge is -2.19. The van der Waals surface area contributed by atoms with E-state index in [1.165, 1.54) is 0 Å². The summed E-state index contributed by atoms with van der Waals surface area (Å²) in [6.07, 6.45) is 3.34. The predicted octanol–water partition coefficient (Wildman–Crippen LogP) is 2.60. The molecule has 1 aromatic heterocycles. The highest BCUT2D eigenvalue weighted by atomic mass is 16.1. The van der Waals surface area contributed by atoms with Crippen molar-refractivity contribution in [2.45, 2.75) is 40.5 Å². The standard InChI is InChI=1S/C17H24N4O/c1-5-13-10-9-11-14(6-2)15(13)21-12-18-16(19-17(21)22)20(7-3)8-4/h9-12H,5-8H2,1-4H3. The summed E-state index contributed by atoms with van der Waals surface area (Å²) in [5, 5.41) is 0. The second-order valence-corrected chi connectivity index (χ2v) is 5.11. The van der Waals surface area contributed by atoms with Crippen LogP contribution in [0.15, 0.2) is 29.3 Å². The molecular formula is C17H24N4O. The minimum absolute atomic E-state index is 0.271. The number of aromatic nitrogens is 3. The number of aryl methyl sites for hydroxylation is 2. The molecule has 22 heavy (non-hydrogen) atoms. The van der Waals surface area contributed by atoms with Crippen molar-refractivity contribution in [2.75, 3.05) is 18.0 Å². The summed E-state index contributed by atoms with van der Waals surface area (Å²) in [5.74, 6) is 0.498. The van der Waals surface area contributed by atoms with Crippen LogP contribution < -0.4 is 10.6 Å². The number of rotatable bonds is 6. The Hall–Kier alpha value is -2.17. The molecule has 5 nitrogen and oxygen atoms in total. The van der Waals surface area contributed by atoms with Crippen LogP contribution in [-0.4, -0.2) is 27.6 Å². The van der Waals surface area contributed by atoms with E-state index in [9.17, 15) is 4.79 Å². The quantitative estimate of drug-likeness (QED) is 0.823. The van der Waals surface area contributed by atoms with E-state index >= 15 is 0 Å². The molecule has 0 unspecified atom stereocenters. The van der Waals surface area contributed by atoms with Crippen LogP contribution in [0.4, 0.5) is 5.95 Å². The molecule has 0 fully saturated rings. The lowest BCUT2D eigenvalue weighted by molar-refractivity contribution is 0.768. The Bertz CT molecular complexity index is 667. The molecule has 5 heteroatoms. The molecule has 0 saturated heterocycles. The van der Waals surface area contributed by atoms with Gasteiger partial charge in [0.15, 0.2) is 0 Å². The Morgan fingerprint density at radius 2 is 1.64 bits per heavy atom. The molecule has 0 radical (unpaired) electrons. The second kappa shape index (κ2) is 7.20. The third-order valence-corrected chi connectivity index (χ3v) is 3.94. The lowest BCUT2D eigenvalue weighted by Crippen LogP contribution is -2.30. The van der Waals surface area contributed by atoms with Crippen LogP contribution >= 0.6 is 0 Å². The minimum atomic E-state index is -0.271. The van der Waals surface area contributed by atoms with Gasteiger partial charge in [0.25, 0.3) is 0 Å². The molecule has 2 aromatic rings. The van der Waals surface area contributed by atoms with E-state index in [1.807, 2.05) is 24.8 Å². The van der Waals surface area contributed by atoms with E-state index in [-0.39, 0.29) is 5.69 Å². The topological polar surface area (TPSA) is 51.0 Å². The van der Waals surface area contributed by atoms with Gasteiger partial charge in [0.2, 0.25) is 5.95 Å². The number of benzene rings is 1. The number of hydrogen-bond acceptors (Lipinski definition) is 4. The average molecular weight is 300 g/mol. The van der Waals surface area contributed by atoms with Crippen molar-refractivity contribution in [3.8, 4) is 5.69 Å². The van der Waals surface area contributed by atoms with Crippen molar-refractivity contribution >= 4 is 5.95 Å². The van der Waals surface area contributed by atoms with Gasteiger partial charge in [-0.3, -0.25) is 4.57 Å². The van der Waals surface area contributed by atoms with Crippen molar-refractivity contribution in [1.29, 1.82) is 0 Å². The zero-order valence-corrected chi connectivity index (χ0v) is 13.8. The largest absolute Gasteiger partial charge is 0.356 e. The number of hydrogen-bond donors (Lipinski definition) is 0. The van der Waals surface area contributed by atoms with Crippen LogP contribution in [-0.2, 0) is 12.8 Å². The van der Waals surface area contributed by atoms with Gasteiger partial charge in [-0.2, -0.15) is 4.98 Å². The molecule has 0 N–H and O–H groups in total. The molecule has 1 aromatic carbocycles. The molecule has 0 aliphatic carbocycles. The maximum atomic E-state index is 12.5. The molecule has 0 saturated carbocycles. The maximum absolute atomic E-state index is 12.5. The van der Waals surface area contributed by atoms with E-state index in [1.54, 1.807) is 10.9 Å². The Kier molecular flexibility index (Phi) is 5.31. The second-order valence-electron chi connectivity index (χ2n) is 5.11. The first-order valence-corrected chi connectivity index (χ1v) is 7.97. The Balaban J connectivity index is 2.58. The molecule has 0 amide bonds. The molecule has 118 valence electrons. The predicted molar refractivity (Wildman–Crippen MR) is 89.9 cm³/mol. The molecule has 1 heterocycles. The van der Waals surface area contributed by atoms with Crippen LogP contribution in [0.3, 0.4) is 0 Å². The zero-order valence-electron chi connectivity index (χ0n) is 13.8. The summed E-state index contributed by atoms with van der Waals surface area (Å²) < 4.78 is 1.57. The van der Waals surface area contributed by atoms with E-state index in [2.05, 4.69) is 35.9 Å². The highest BCUT2D eigenvalue weighted by Crippen LogP contribution is 2.20. The average Bonchev–Trinajstić information content (AvgIpc) is 2.55. The van der Waals surface area contributed by atoms with Crippen LogP contribution in [0.5, 0.6) is 0 Å². The zero-order chi connectivity index (χ0) is 16.1. The molecule has 0 bridgehead atoms. The number of para-hydroxylation sites is 1.